The number of aryl methyl sites for hydroxylation is 1. The molecule has 0 bridgehead atoms. The topological polar surface area (TPSA) is 53.6 Å². The van der Waals surface area contributed by atoms with Gasteiger partial charge in [-0.25, -0.2) is 4.98 Å². The van der Waals surface area contributed by atoms with E-state index in [2.05, 4.69) is 23.4 Å². The summed E-state index contributed by atoms with van der Waals surface area (Å²) >= 11 is 0. The lowest BCUT2D eigenvalue weighted by Gasteiger charge is -2.02. The first-order valence-electron chi connectivity index (χ1n) is 6.87. The van der Waals surface area contributed by atoms with E-state index in [4.69, 9.17) is 10.2 Å². The van der Waals surface area contributed by atoms with Crippen LogP contribution in [0.3, 0.4) is 0 Å². The smallest absolute Gasteiger partial charge is 0.140 e. The summed E-state index contributed by atoms with van der Waals surface area (Å²) in [5, 5.41) is 11.9. The van der Waals surface area contributed by atoms with Crippen LogP contribution in [0.1, 0.15) is 12.5 Å². The van der Waals surface area contributed by atoms with Crippen molar-refractivity contribution in [2.45, 2.75) is 6.92 Å². The highest BCUT2D eigenvalue weighted by Crippen LogP contribution is 2.25. The fourth-order valence-corrected chi connectivity index (χ4v) is 2.36. The van der Waals surface area contributed by atoms with E-state index in [1.807, 2.05) is 41.9 Å². The molecule has 0 unspecified atom stereocenters. The summed E-state index contributed by atoms with van der Waals surface area (Å²) in [6.07, 6.45) is 0. The van der Waals surface area contributed by atoms with Gasteiger partial charge in [-0.3, -0.25) is 0 Å². The number of hydrogen-bond donors (Lipinski definition) is 1. The molecule has 0 amide bonds. The lowest BCUT2D eigenvalue weighted by molar-refractivity contribution is 0.959. The van der Waals surface area contributed by atoms with Crippen LogP contribution in [0.15, 0.2) is 42.5 Å². The molecule has 4 heteroatoms. The molecule has 4 nitrogen and oxygen atoms in total. The van der Waals surface area contributed by atoms with Gasteiger partial charge in [-0.15, -0.1) is 0 Å². The molecule has 3 rings (SSSR count). The van der Waals surface area contributed by atoms with E-state index in [9.17, 15) is 0 Å². The molecule has 0 spiro atoms. The van der Waals surface area contributed by atoms with Crippen molar-refractivity contribution in [3.05, 3.63) is 48.0 Å². The third-order valence-corrected chi connectivity index (χ3v) is 3.48. The number of aromatic nitrogens is 2. The average Bonchev–Trinajstić information content (AvgIpc) is 2.89. The molecule has 0 fully saturated rings. The van der Waals surface area contributed by atoms with Gasteiger partial charge >= 0.3 is 0 Å². The quantitative estimate of drug-likeness (QED) is 0.579. The van der Waals surface area contributed by atoms with Crippen LogP contribution < -0.4 is 5.32 Å². The van der Waals surface area contributed by atoms with Crippen LogP contribution in [-0.4, -0.2) is 9.55 Å². The second-order valence-corrected chi connectivity index (χ2v) is 4.89. The van der Waals surface area contributed by atoms with E-state index in [1.54, 1.807) is 19.1 Å². The fraction of sp³-hybridized carbons (Fsp3) is 0.111. The summed E-state index contributed by atoms with van der Waals surface area (Å²) < 4.78 is 2.05. The Labute approximate surface area is 129 Å². The van der Waals surface area contributed by atoms with Gasteiger partial charge in [0.05, 0.1) is 22.7 Å². The van der Waals surface area contributed by atoms with Crippen LogP contribution in [0.25, 0.3) is 22.4 Å². The molecule has 3 aromatic rings. The Bertz CT molecular complexity index is 931. The van der Waals surface area contributed by atoms with Gasteiger partial charge in [-0.2, -0.15) is 5.26 Å². The van der Waals surface area contributed by atoms with Crippen LogP contribution in [0, 0.1) is 23.3 Å². The molecule has 106 valence electrons. The minimum absolute atomic E-state index is 0.646. The molecule has 1 N–H and O–H groups in total. The highest BCUT2D eigenvalue weighted by Gasteiger charge is 2.10. The van der Waals surface area contributed by atoms with Gasteiger partial charge in [0.25, 0.3) is 0 Å². The maximum absolute atomic E-state index is 8.88. The van der Waals surface area contributed by atoms with Gasteiger partial charge < -0.3 is 9.88 Å². The number of anilines is 1. The summed E-state index contributed by atoms with van der Waals surface area (Å²) in [5.41, 5.74) is 4.51. The summed E-state index contributed by atoms with van der Waals surface area (Å²) in [6.45, 7) is 1.79. The van der Waals surface area contributed by atoms with Gasteiger partial charge in [0.2, 0.25) is 0 Å². The molecule has 0 saturated heterocycles. The minimum Gasteiger partial charge on any atom is -0.327 e. The molecule has 2 aromatic carbocycles. The van der Waals surface area contributed by atoms with E-state index in [-0.39, 0.29) is 0 Å². The van der Waals surface area contributed by atoms with Crippen molar-refractivity contribution in [1.82, 2.24) is 9.55 Å². The lowest BCUT2D eigenvalue weighted by atomic mass is 10.1. The number of nitrogens with one attached hydrogen (secondary N) is 1. The molecular weight excluding hydrogens is 272 g/mol. The lowest BCUT2D eigenvalue weighted by Crippen LogP contribution is -1.92. The van der Waals surface area contributed by atoms with Crippen LogP contribution in [0.4, 0.5) is 5.69 Å². The van der Waals surface area contributed by atoms with Crippen molar-refractivity contribution < 1.29 is 0 Å². The number of fused-ring (bicyclic) bond motifs is 1. The first-order valence-corrected chi connectivity index (χ1v) is 6.87. The van der Waals surface area contributed by atoms with Gasteiger partial charge in [0, 0.05) is 24.3 Å². The number of imidazole rings is 1. The van der Waals surface area contributed by atoms with E-state index in [0.717, 1.165) is 28.1 Å². The zero-order valence-corrected chi connectivity index (χ0v) is 12.4. The van der Waals surface area contributed by atoms with Gasteiger partial charge in [-0.05, 0) is 49.4 Å². The standard InChI is InChI=1S/C18H14N4/c1-3-10-20-15-8-9-17-16(11-15)21-18(22(17)2)14-6-4-13(12-19)5-7-14/h4-9,11,20H,1-2H3. The van der Waals surface area contributed by atoms with Crippen LogP contribution in [0.2, 0.25) is 0 Å². The Hall–Kier alpha value is -3.24. The van der Waals surface area contributed by atoms with E-state index in [1.165, 1.54) is 0 Å². The summed E-state index contributed by atoms with van der Waals surface area (Å²) in [5.74, 6) is 3.68. The van der Waals surface area contributed by atoms with Crippen LogP contribution in [-0.2, 0) is 7.05 Å². The van der Waals surface area contributed by atoms with Gasteiger partial charge in [-0.1, -0.05) is 5.92 Å². The Morgan fingerprint density at radius 1 is 1.14 bits per heavy atom. The van der Waals surface area contributed by atoms with Gasteiger partial charge in [0.15, 0.2) is 0 Å². The predicted molar refractivity (Wildman–Crippen MR) is 87.9 cm³/mol. The largest absolute Gasteiger partial charge is 0.327 e. The number of nitriles is 1. The van der Waals surface area contributed by atoms with E-state index >= 15 is 0 Å². The van der Waals surface area contributed by atoms with Crippen molar-refractivity contribution in [3.8, 4) is 29.4 Å². The second-order valence-electron chi connectivity index (χ2n) is 4.89. The Balaban J connectivity index is 2.07. The molecule has 1 aromatic heterocycles. The SMILES string of the molecule is CC#CNc1ccc2c(c1)nc(-c1ccc(C#N)cc1)n2C. The summed E-state index contributed by atoms with van der Waals surface area (Å²) in [4.78, 5) is 4.70. The minimum atomic E-state index is 0.646. The van der Waals surface area contributed by atoms with E-state index < -0.39 is 0 Å². The maximum Gasteiger partial charge on any atom is 0.140 e. The highest BCUT2D eigenvalue weighted by molar-refractivity contribution is 5.84. The van der Waals surface area contributed by atoms with Crippen molar-refractivity contribution in [2.75, 3.05) is 5.32 Å². The molecule has 0 saturated carbocycles. The number of nitrogens with zero attached hydrogens (tertiary/aromatic N) is 3. The predicted octanol–water partition coefficient (Wildman–Crippen LogP) is 3.50. The Kier molecular flexibility index (Phi) is 3.52. The fourth-order valence-electron chi connectivity index (χ4n) is 2.36. The normalized spacial score (nSPS) is 9.86. The summed E-state index contributed by atoms with van der Waals surface area (Å²) in [6, 6.07) is 18.4. The Morgan fingerprint density at radius 3 is 2.59 bits per heavy atom. The average molecular weight is 286 g/mol. The molecule has 1 heterocycles. The maximum atomic E-state index is 8.88. The van der Waals surface area contributed by atoms with Gasteiger partial charge in [0.1, 0.15) is 5.82 Å². The number of rotatable bonds is 2. The van der Waals surface area contributed by atoms with Crippen LogP contribution in [0.5, 0.6) is 0 Å². The molecule has 0 aliphatic rings. The third kappa shape index (κ3) is 2.39. The van der Waals surface area contributed by atoms with Crippen molar-refractivity contribution in [3.63, 3.8) is 0 Å². The second kappa shape index (κ2) is 5.63. The molecule has 0 aliphatic carbocycles. The number of hydrogen-bond acceptors (Lipinski definition) is 3. The monoisotopic (exact) mass is 286 g/mol. The van der Waals surface area contributed by atoms with Crippen molar-refractivity contribution in [1.29, 1.82) is 5.26 Å². The molecule has 22 heavy (non-hydrogen) atoms. The molecule has 0 aliphatic heterocycles. The van der Waals surface area contributed by atoms with E-state index in [0.29, 0.717) is 5.56 Å². The Morgan fingerprint density at radius 2 is 1.91 bits per heavy atom. The molecular formula is C18H14N4. The third-order valence-electron chi connectivity index (χ3n) is 3.48. The zero-order chi connectivity index (χ0) is 15.5. The number of benzene rings is 2. The first kappa shape index (κ1) is 13.7. The van der Waals surface area contributed by atoms with Crippen LogP contribution >= 0.6 is 0 Å². The van der Waals surface area contributed by atoms with Crippen molar-refractivity contribution in [2.24, 2.45) is 7.05 Å². The molecule has 0 radical (unpaired) electrons. The summed E-state index contributed by atoms with van der Waals surface area (Å²) in [7, 11) is 1.99. The van der Waals surface area contributed by atoms with Crippen molar-refractivity contribution >= 4 is 16.7 Å². The first-order chi connectivity index (χ1) is 10.7. The zero-order valence-electron chi connectivity index (χ0n) is 12.4. The highest BCUT2D eigenvalue weighted by atomic mass is 15.1. The molecule has 0 atom stereocenters.